The van der Waals surface area contributed by atoms with E-state index in [4.69, 9.17) is 21.7 Å². The molecule has 0 amide bonds. The second-order valence-corrected chi connectivity index (χ2v) is 13.6. The maximum absolute atomic E-state index is 15.3. The first-order valence-electron chi connectivity index (χ1n) is 13.7. The van der Waals surface area contributed by atoms with Crippen molar-refractivity contribution in [1.82, 2.24) is 20.6 Å². The molecule has 5 rings (SSSR count). The molecule has 0 bridgehead atoms. The van der Waals surface area contributed by atoms with Gasteiger partial charge in [0, 0.05) is 18.3 Å². The van der Waals surface area contributed by atoms with Crippen molar-refractivity contribution in [2.45, 2.75) is 75.7 Å². The van der Waals surface area contributed by atoms with Crippen LogP contribution in [0, 0.1) is 11.2 Å². The number of ether oxygens (including phenoxy) is 1. The second-order valence-electron chi connectivity index (χ2n) is 10.8. The minimum Gasteiger partial charge on any atom is -0.488 e. The van der Waals surface area contributed by atoms with Gasteiger partial charge >= 0.3 is 0 Å². The van der Waals surface area contributed by atoms with E-state index in [9.17, 15) is 8.42 Å². The van der Waals surface area contributed by atoms with Crippen molar-refractivity contribution < 1.29 is 17.5 Å². The predicted molar refractivity (Wildman–Crippen MR) is 155 cm³/mol. The summed E-state index contributed by atoms with van der Waals surface area (Å²) < 4.78 is 47.0. The third-order valence-corrected chi connectivity index (χ3v) is 9.44. The Labute approximate surface area is 239 Å². The zero-order valence-corrected chi connectivity index (χ0v) is 24.1. The molecule has 0 spiro atoms. The number of anilines is 3. The number of piperidine rings is 1. The highest BCUT2D eigenvalue weighted by molar-refractivity contribution is 8.07. The van der Waals surface area contributed by atoms with Gasteiger partial charge < -0.3 is 26.0 Å². The largest absolute Gasteiger partial charge is 0.488 e. The van der Waals surface area contributed by atoms with Gasteiger partial charge in [-0.3, -0.25) is 5.41 Å². The topological polar surface area (TPSA) is 141 Å². The normalized spacial score (nSPS) is 18.5. The van der Waals surface area contributed by atoms with Crippen LogP contribution < -0.4 is 26.0 Å². The van der Waals surface area contributed by atoms with Crippen molar-refractivity contribution in [1.29, 1.82) is 5.41 Å². The van der Waals surface area contributed by atoms with Gasteiger partial charge in [0.15, 0.2) is 20.7 Å². The maximum Gasteiger partial charge on any atom is 0.229 e. The molecular weight excluding hydrogens is 557 g/mol. The Bertz CT molecular complexity index is 1410. The van der Waals surface area contributed by atoms with Crippen LogP contribution in [0.2, 0.25) is 5.02 Å². The van der Waals surface area contributed by atoms with Crippen molar-refractivity contribution in [3.8, 4) is 5.75 Å². The van der Waals surface area contributed by atoms with Crippen molar-refractivity contribution >= 4 is 43.9 Å². The third kappa shape index (κ3) is 6.84. The van der Waals surface area contributed by atoms with Crippen molar-refractivity contribution in [3.05, 3.63) is 46.6 Å². The zero-order valence-electron chi connectivity index (χ0n) is 22.6. The number of hydrogen-bond acceptors (Lipinski definition) is 10. The lowest BCUT2D eigenvalue weighted by Gasteiger charge is -2.24. The summed E-state index contributed by atoms with van der Waals surface area (Å²) in [5.74, 6) is 0.530. The number of halogens is 2. The lowest BCUT2D eigenvalue weighted by atomic mass is 9.89. The van der Waals surface area contributed by atoms with E-state index >= 15 is 4.39 Å². The van der Waals surface area contributed by atoms with Crippen LogP contribution in [0.3, 0.4) is 0 Å². The molecule has 2 aliphatic carbocycles. The van der Waals surface area contributed by atoms with Crippen LogP contribution >= 0.6 is 11.6 Å². The van der Waals surface area contributed by atoms with E-state index < -0.39 is 20.1 Å². The van der Waals surface area contributed by atoms with E-state index in [1.807, 2.05) is 0 Å². The number of sulfone groups is 1. The lowest BCUT2D eigenvalue weighted by Crippen LogP contribution is -2.29. The standard InChI is InChI=1S/C27H35ClFN7O3S/c1-15(2)40(37,38)25(30)23(14-32-17-3-4-17)34-26-20(28)13-33-27(36-26)35-22-12-21(29)19(16-7-9-31-10-8-16)11-24(22)39-18-5-6-18/h11-18,30-32H,3-10H2,1-2H3,(H2,33,34,35,36)/b23-14+,30-25?. The molecule has 13 heteroatoms. The third-order valence-electron chi connectivity index (χ3n) is 7.13. The highest BCUT2D eigenvalue weighted by Crippen LogP contribution is 2.39. The molecule has 1 aromatic carbocycles. The minimum absolute atomic E-state index is 0.0160. The second kappa shape index (κ2) is 11.9. The Morgan fingerprint density at radius 3 is 2.58 bits per heavy atom. The fourth-order valence-electron chi connectivity index (χ4n) is 4.34. The zero-order chi connectivity index (χ0) is 28.4. The van der Waals surface area contributed by atoms with Gasteiger partial charge in [0.2, 0.25) is 5.95 Å². The molecule has 3 fully saturated rings. The monoisotopic (exact) mass is 591 g/mol. The van der Waals surface area contributed by atoms with Crippen molar-refractivity contribution in [2.24, 2.45) is 0 Å². The molecule has 1 saturated heterocycles. The smallest absolute Gasteiger partial charge is 0.229 e. The lowest BCUT2D eigenvalue weighted by molar-refractivity contribution is 0.303. The van der Waals surface area contributed by atoms with Gasteiger partial charge in [0.1, 0.15) is 16.6 Å². The molecule has 3 aliphatic rings. The maximum atomic E-state index is 15.3. The van der Waals surface area contributed by atoms with Crippen LogP contribution in [0.25, 0.3) is 0 Å². The summed E-state index contributed by atoms with van der Waals surface area (Å²) >= 11 is 6.37. The van der Waals surface area contributed by atoms with E-state index in [1.165, 1.54) is 32.3 Å². The number of hydrogen-bond donors (Lipinski definition) is 5. The molecule has 40 heavy (non-hydrogen) atoms. The summed E-state index contributed by atoms with van der Waals surface area (Å²) in [4.78, 5) is 8.66. The van der Waals surface area contributed by atoms with E-state index in [-0.39, 0.29) is 46.4 Å². The van der Waals surface area contributed by atoms with Crippen LogP contribution in [0.1, 0.15) is 63.9 Å². The molecule has 10 nitrogen and oxygen atoms in total. The van der Waals surface area contributed by atoms with E-state index in [2.05, 4.69) is 31.2 Å². The molecule has 216 valence electrons. The molecule has 2 heterocycles. The van der Waals surface area contributed by atoms with Gasteiger partial charge in [0.05, 0.1) is 28.9 Å². The Morgan fingerprint density at radius 1 is 1.20 bits per heavy atom. The number of rotatable bonds is 11. The van der Waals surface area contributed by atoms with Gasteiger partial charge in [-0.1, -0.05) is 11.6 Å². The average molecular weight is 592 g/mol. The van der Waals surface area contributed by atoms with Gasteiger partial charge in [-0.2, -0.15) is 4.98 Å². The first kappa shape index (κ1) is 28.6. The van der Waals surface area contributed by atoms with Crippen LogP contribution in [-0.4, -0.2) is 53.9 Å². The molecule has 1 aromatic heterocycles. The average Bonchev–Trinajstić information content (AvgIpc) is 3.86. The fourth-order valence-corrected chi connectivity index (χ4v) is 5.36. The predicted octanol–water partition coefficient (Wildman–Crippen LogP) is 4.83. The molecule has 2 saturated carbocycles. The molecule has 1 aliphatic heterocycles. The van der Waals surface area contributed by atoms with Crippen LogP contribution in [0.5, 0.6) is 5.75 Å². The van der Waals surface area contributed by atoms with Gasteiger partial charge in [0.25, 0.3) is 0 Å². The summed E-state index contributed by atoms with van der Waals surface area (Å²) in [6.07, 6.45) is 8.46. The number of nitrogens with zero attached hydrogens (tertiary/aromatic N) is 2. The van der Waals surface area contributed by atoms with Gasteiger partial charge in [-0.05, 0) is 83.0 Å². The molecule has 2 aromatic rings. The number of nitrogens with one attached hydrogen (secondary N) is 5. The summed E-state index contributed by atoms with van der Waals surface area (Å²) in [5, 5.41) is 19.5. The van der Waals surface area contributed by atoms with Crippen LogP contribution in [0.15, 0.2) is 30.2 Å². The van der Waals surface area contributed by atoms with Crippen molar-refractivity contribution in [2.75, 3.05) is 23.7 Å². The quantitative estimate of drug-likeness (QED) is 0.183. The van der Waals surface area contributed by atoms with Gasteiger partial charge in [-0.15, -0.1) is 0 Å². The van der Waals surface area contributed by atoms with E-state index in [1.54, 1.807) is 6.07 Å². The van der Waals surface area contributed by atoms with Crippen LogP contribution in [-0.2, 0) is 9.84 Å². The molecular formula is C27H35ClFN7O3S. The number of aromatic nitrogens is 2. The highest BCUT2D eigenvalue weighted by atomic mass is 35.5. The van der Waals surface area contributed by atoms with E-state index in [0.29, 0.717) is 17.0 Å². The Kier molecular flexibility index (Phi) is 8.48. The molecule has 0 atom stereocenters. The summed E-state index contributed by atoms with van der Waals surface area (Å²) in [6, 6.07) is 3.43. The summed E-state index contributed by atoms with van der Waals surface area (Å²) in [6.45, 7) is 4.73. The van der Waals surface area contributed by atoms with E-state index in [0.717, 1.165) is 51.6 Å². The highest BCUT2D eigenvalue weighted by Gasteiger charge is 2.29. The first-order valence-corrected chi connectivity index (χ1v) is 15.6. The number of benzene rings is 1. The van der Waals surface area contributed by atoms with Crippen molar-refractivity contribution in [3.63, 3.8) is 0 Å². The minimum atomic E-state index is -3.88. The van der Waals surface area contributed by atoms with Gasteiger partial charge in [-0.25, -0.2) is 17.8 Å². The Hall–Kier alpha value is -2.96. The molecule has 0 unspecified atom stereocenters. The Morgan fingerprint density at radius 2 is 1.93 bits per heavy atom. The SMILES string of the molecule is CC(C)S(=O)(=O)C(=N)/C(=C\NC1CC1)Nc1nc(Nc2cc(F)c(C3CCNCC3)cc2OC2CC2)ncc1Cl. The summed E-state index contributed by atoms with van der Waals surface area (Å²) in [5.41, 5.74) is 1.05. The first-order chi connectivity index (χ1) is 19.1. The fraction of sp³-hybridized carbons (Fsp3) is 0.519. The Balaban J connectivity index is 1.42. The summed E-state index contributed by atoms with van der Waals surface area (Å²) in [7, 11) is -3.88. The molecule has 0 radical (unpaired) electrons. The van der Waals surface area contributed by atoms with Crippen LogP contribution in [0.4, 0.5) is 21.8 Å². The molecule has 5 N–H and O–H groups in total.